The molecule has 1 saturated carbocycles. The van der Waals surface area contributed by atoms with Gasteiger partial charge >= 0.3 is 0 Å². The summed E-state index contributed by atoms with van der Waals surface area (Å²) in [5.41, 5.74) is 0.825. The average molecular weight is 395 g/mol. The molecule has 0 N–H and O–H groups in total. The van der Waals surface area contributed by atoms with Crippen LogP contribution in [0.5, 0.6) is 0 Å². The van der Waals surface area contributed by atoms with Crippen LogP contribution in [-0.2, 0) is 0 Å². The van der Waals surface area contributed by atoms with Crippen LogP contribution >= 0.6 is 0 Å². The van der Waals surface area contributed by atoms with E-state index in [9.17, 15) is 4.79 Å². The van der Waals surface area contributed by atoms with E-state index in [0.717, 1.165) is 80.2 Å². The zero-order valence-corrected chi connectivity index (χ0v) is 17.5. The molecule has 5 aliphatic rings. The fraction of sp³-hybridized carbons (Fsp3) is 0.750. The van der Waals surface area contributed by atoms with Gasteiger partial charge in [-0.2, -0.15) is 0 Å². The monoisotopic (exact) mass is 394 g/mol. The van der Waals surface area contributed by atoms with E-state index in [0.29, 0.717) is 0 Å². The third kappa shape index (κ3) is 3.26. The van der Waals surface area contributed by atoms with Crippen molar-refractivity contribution in [1.29, 1.82) is 0 Å². The van der Waals surface area contributed by atoms with E-state index in [4.69, 9.17) is 4.98 Å². The summed E-state index contributed by atoms with van der Waals surface area (Å²) in [6.07, 6.45) is 12.6. The number of anilines is 1. The molecule has 6 rings (SSSR count). The second-order valence-electron chi connectivity index (χ2n) is 10.2. The van der Waals surface area contributed by atoms with Gasteiger partial charge in [0, 0.05) is 51.0 Å². The van der Waals surface area contributed by atoms with E-state index in [1.54, 1.807) is 0 Å². The summed E-state index contributed by atoms with van der Waals surface area (Å²) < 4.78 is 0. The van der Waals surface area contributed by atoms with Crippen molar-refractivity contribution in [3.05, 3.63) is 23.9 Å². The standard InChI is InChI=1S/C24H34N4O/c29-24(26-11-1-2-12-26)20-5-4-10-25-23(20)27-14-17-13-19(16-27)22-7-3-6-21(18-8-9-18)28(22)15-17/h4-5,10,17-19,21-22H,1-3,6-9,11-16H2/t17-,19+,21+,22-/m0/s1. The molecule has 5 heteroatoms. The normalized spacial score (nSPS) is 34.9. The number of piperidine rings is 3. The van der Waals surface area contributed by atoms with Gasteiger partial charge in [0.15, 0.2) is 0 Å². The largest absolute Gasteiger partial charge is 0.355 e. The maximum absolute atomic E-state index is 13.2. The molecular formula is C24H34N4O. The number of carbonyl (C=O) groups excluding carboxylic acids is 1. The van der Waals surface area contributed by atoms with E-state index in [2.05, 4.69) is 9.80 Å². The highest BCUT2D eigenvalue weighted by atomic mass is 16.2. The lowest BCUT2D eigenvalue weighted by molar-refractivity contribution is -0.0259. The zero-order chi connectivity index (χ0) is 19.4. The number of aromatic nitrogens is 1. The summed E-state index contributed by atoms with van der Waals surface area (Å²) in [7, 11) is 0. The first kappa shape index (κ1) is 18.2. The molecule has 4 aliphatic heterocycles. The highest BCUT2D eigenvalue weighted by molar-refractivity contribution is 5.99. The third-order valence-corrected chi connectivity index (χ3v) is 8.31. The summed E-state index contributed by atoms with van der Waals surface area (Å²) >= 11 is 0. The zero-order valence-electron chi connectivity index (χ0n) is 17.5. The Hall–Kier alpha value is -1.62. The first-order valence-electron chi connectivity index (χ1n) is 12.0. The summed E-state index contributed by atoms with van der Waals surface area (Å²) in [5, 5.41) is 0. The van der Waals surface area contributed by atoms with Gasteiger partial charge in [-0.25, -0.2) is 4.98 Å². The molecule has 5 nitrogen and oxygen atoms in total. The second-order valence-corrected chi connectivity index (χ2v) is 10.2. The predicted octanol–water partition coefficient (Wildman–Crippen LogP) is 3.41. The Bertz CT molecular complexity index is 772. The van der Waals surface area contributed by atoms with Gasteiger partial charge in [0.25, 0.3) is 5.91 Å². The maximum atomic E-state index is 13.2. The number of nitrogens with zero attached hydrogens (tertiary/aromatic N) is 4. The Labute approximate surface area is 174 Å². The molecular weight excluding hydrogens is 360 g/mol. The Kier molecular flexibility index (Phi) is 4.55. The van der Waals surface area contributed by atoms with E-state index in [1.807, 2.05) is 23.2 Å². The maximum Gasteiger partial charge on any atom is 0.257 e. The highest BCUT2D eigenvalue weighted by Crippen LogP contribution is 2.46. The molecule has 5 heterocycles. The predicted molar refractivity (Wildman–Crippen MR) is 114 cm³/mol. The molecule has 1 aromatic heterocycles. The van der Waals surface area contributed by atoms with Gasteiger partial charge in [-0.05, 0) is 74.8 Å². The lowest BCUT2D eigenvalue weighted by atomic mass is 9.74. The van der Waals surface area contributed by atoms with E-state index in [1.165, 1.54) is 45.1 Å². The second kappa shape index (κ2) is 7.26. The van der Waals surface area contributed by atoms with Crippen molar-refractivity contribution in [2.75, 3.05) is 37.6 Å². The summed E-state index contributed by atoms with van der Waals surface area (Å²) in [6, 6.07) is 5.56. The van der Waals surface area contributed by atoms with Crippen molar-refractivity contribution in [2.24, 2.45) is 17.8 Å². The van der Waals surface area contributed by atoms with E-state index in [-0.39, 0.29) is 5.91 Å². The number of amides is 1. The van der Waals surface area contributed by atoms with Crippen LogP contribution in [0, 0.1) is 17.8 Å². The highest BCUT2D eigenvalue weighted by Gasteiger charge is 2.48. The van der Waals surface area contributed by atoms with Crippen LogP contribution in [0.3, 0.4) is 0 Å². The minimum absolute atomic E-state index is 0.189. The molecule has 156 valence electrons. The number of hydrogen-bond donors (Lipinski definition) is 0. The molecule has 5 fully saturated rings. The van der Waals surface area contributed by atoms with E-state index < -0.39 is 0 Å². The van der Waals surface area contributed by atoms with Crippen molar-refractivity contribution in [2.45, 2.75) is 63.5 Å². The Morgan fingerprint density at radius 3 is 2.52 bits per heavy atom. The van der Waals surface area contributed by atoms with Crippen molar-refractivity contribution < 1.29 is 4.79 Å². The molecule has 0 aromatic carbocycles. The van der Waals surface area contributed by atoms with Gasteiger partial charge in [-0.15, -0.1) is 0 Å². The van der Waals surface area contributed by atoms with Gasteiger partial charge in [0.2, 0.25) is 0 Å². The number of rotatable bonds is 3. The minimum Gasteiger partial charge on any atom is -0.355 e. The van der Waals surface area contributed by atoms with Crippen molar-refractivity contribution in [3.8, 4) is 0 Å². The van der Waals surface area contributed by atoms with Crippen molar-refractivity contribution in [3.63, 3.8) is 0 Å². The number of pyridine rings is 1. The number of hydrogen-bond acceptors (Lipinski definition) is 4. The van der Waals surface area contributed by atoms with Gasteiger partial charge < -0.3 is 9.80 Å². The quantitative estimate of drug-likeness (QED) is 0.788. The van der Waals surface area contributed by atoms with Crippen molar-refractivity contribution >= 4 is 11.7 Å². The minimum atomic E-state index is 0.189. The Balaban J connectivity index is 1.24. The Morgan fingerprint density at radius 2 is 1.72 bits per heavy atom. The summed E-state index contributed by atoms with van der Waals surface area (Å²) in [5.74, 6) is 3.59. The average Bonchev–Trinajstić information content (AvgIpc) is 3.46. The smallest absolute Gasteiger partial charge is 0.257 e. The van der Waals surface area contributed by atoms with E-state index >= 15 is 0 Å². The van der Waals surface area contributed by atoms with Crippen LogP contribution in [0.1, 0.15) is 61.7 Å². The van der Waals surface area contributed by atoms with Gasteiger partial charge in [0.1, 0.15) is 5.82 Å². The molecule has 1 aromatic rings. The van der Waals surface area contributed by atoms with Crippen molar-refractivity contribution in [1.82, 2.24) is 14.8 Å². The van der Waals surface area contributed by atoms with Crippen LogP contribution in [-0.4, -0.2) is 65.5 Å². The molecule has 1 amide bonds. The van der Waals surface area contributed by atoms with Gasteiger partial charge in [-0.3, -0.25) is 9.69 Å². The van der Waals surface area contributed by atoms with Crippen LogP contribution in [0.4, 0.5) is 5.82 Å². The number of fused-ring (bicyclic) bond motifs is 4. The first-order chi connectivity index (χ1) is 14.3. The van der Waals surface area contributed by atoms with Crippen LogP contribution in [0.15, 0.2) is 18.3 Å². The van der Waals surface area contributed by atoms with Gasteiger partial charge in [-0.1, -0.05) is 6.42 Å². The molecule has 0 unspecified atom stereocenters. The molecule has 1 aliphatic carbocycles. The molecule has 4 atom stereocenters. The lowest BCUT2D eigenvalue weighted by Crippen LogP contribution is -2.62. The summed E-state index contributed by atoms with van der Waals surface area (Å²) in [4.78, 5) is 25.3. The van der Waals surface area contributed by atoms with Crippen LogP contribution in [0.25, 0.3) is 0 Å². The molecule has 29 heavy (non-hydrogen) atoms. The number of carbonyl (C=O) groups is 1. The fourth-order valence-electron chi connectivity index (χ4n) is 6.91. The third-order valence-electron chi connectivity index (χ3n) is 8.31. The molecule has 4 saturated heterocycles. The molecule has 2 bridgehead atoms. The van der Waals surface area contributed by atoms with Crippen LogP contribution in [0.2, 0.25) is 0 Å². The summed E-state index contributed by atoms with van der Waals surface area (Å²) in [6.45, 7) is 5.21. The molecule has 0 spiro atoms. The Morgan fingerprint density at radius 1 is 0.931 bits per heavy atom. The van der Waals surface area contributed by atoms with Gasteiger partial charge in [0.05, 0.1) is 5.56 Å². The first-order valence-corrected chi connectivity index (χ1v) is 12.0. The fourth-order valence-corrected chi connectivity index (χ4v) is 6.91. The number of likely N-dealkylation sites (tertiary alicyclic amines) is 1. The SMILES string of the molecule is O=C(c1cccnc1N1C[C@@H]2C[C@H](C1)[C@@H]1CCC[C@H](C3CC3)N1C2)N1CCCC1. The van der Waals surface area contributed by atoms with Crippen LogP contribution < -0.4 is 4.90 Å². The molecule has 0 radical (unpaired) electrons. The topological polar surface area (TPSA) is 39.7 Å². The lowest BCUT2D eigenvalue weighted by Gasteiger charge is -2.55.